The summed E-state index contributed by atoms with van der Waals surface area (Å²) in [6.07, 6.45) is 1.69. The van der Waals surface area contributed by atoms with Gasteiger partial charge in [0.25, 0.3) is 0 Å². The van der Waals surface area contributed by atoms with Crippen LogP contribution < -0.4 is 29.6 Å². The minimum Gasteiger partial charge on any atom is -0.493 e. The smallest absolute Gasteiger partial charge is 0.218 e. The van der Waals surface area contributed by atoms with E-state index in [1.165, 1.54) is 0 Å². The number of nitrogens with zero attached hydrogens (tertiary/aromatic N) is 2. The first-order valence-corrected chi connectivity index (χ1v) is 8.38. The van der Waals surface area contributed by atoms with Crippen LogP contribution in [0.3, 0.4) is 0 Å². The Labute approximate surface area is 182 Å². The van der Waals surface area contributed by atoms with Crippen LogP contribution in [0.25, 0.3) is 0 Å². The second-order valence-corrected chi connectivity index (χ2v) is 5.48. The van der Waals surface area contributed by atoms with E-state index < -0.39 is 0 Å². The summed E-state index contributed by atoms with van der Waals surface area (Å²) in [5, 5.41) is 6.50. The molecule has 0 saturated heterocycles. The van der Waals surface area contributed by atoms with Crippen molar-refractivity contribution in [3.8, 4) is 23.1 Å². The molecule has 1 aromatic heterocycles. The quantitative estimate of drug-likeness (QED) is 0.326. The predicted octanol–water partition coefficient (Wildman–Crippen LogP) is 2.60. The molecule has 2 N–H and O–H groups in total. The average molecular weight is 502 g/mol. The maximum Gasteiger partial charge on any atom is 0.218 e. The number of aliphatic imine (C=N–C) groups is 1. The van der Waals surface area contributed by atoms with Crippen molar-refractivity contribution in [2.45, 2.75) is 13.1 Å². The molecule has 8 nitrogen and oxygen atoms in total. The van der Waals surface area contributed by atoms with Crippen LogP contribution in [0.1, 0.15) is 11.1 Å². The van der Waals surface area contributed by atoms with Crippen molar-refractivity contribution in [1.82, 2.24) is 15.6 Å². The van der Waals surface area contributed by atoms with Gasteiger partial charge in [0, 0.05) is 31.9 Å². The van der Waals surface area contributed by atoms with Crippen molar-refractivity contribution in [3.05, 3.63) is 41.6 Å². The van der Waals surface area contributed by atoms with Gasteiger partial charge in [0.05, 0.1) is 28.4 Å². The van der Waals surface area contributed by atoms with E-state index >= 15 is 0 Å². The van der Waals surface area contributed by atoms with Crippen molar-refractivity contribution in [2.24, 2.45) is 4.99 Å². The van der Waals surface area contributed by atoms with Crippen LogP contribution in [-0.4, -0.2) is 46.4 Å². The number of hydrogen-bond acceptors (Lipinski definition) is 6. The summed E-state index contributed by atoms with van der Waals surface area (Å²) in [5.74, 6) is 3.02. The van der Waals surface area contributed by atoms with Gasteiger partial charge in [-0.1, -0.05) is 6.07 Å². The number of nitrogens with one attached hydrogen (secondary N) is 2. The standard InChI is InChI=1S/C19H26N4O4.HI/c1-20-19(23-12-14-7-6-8-21-18(14)27-5)22-11-13-9-15(24-2)17(26-4)16(10-13)25-3;/h6-10H,11-12H2,1-5H3,(H2,20,22,23);1H. The molecule has 0 aliphatic heterocycles. The summed E-state index contributed by atoms with van der Waals surface area (Å²) < 4.78 is 21.4. The molecule has 0 unspecified atom stereocenters. The van der Waals surface area contributed by atoms with Crippen molar-refractivity contribution in [3.63, 3.8) is 0 Å². The summed E-state index contributed by atoms with van der Waals surface area (Å²) >= 11 is 0. The molecule has 0 bridgehead atoms. The van der Waals surface area contributed by atoms with Crippen LogP contribution in [-0.2, 0) is 13.1 Å². The van der Waals surface area contributed by atoms with Gasteiger partial charge in [-0.25, -0.2) is 4.98 Å². The molecule has 0 aliphatic rings. The Hall–Kier alpha value is -2.43. The zero-order valence-corrected chi connectivity index (χ0v) is 19.1. The Balaban J connectivity index is 0.00000392. The van der Waals surface area contributed by atoms with Gasteiger partial charge in [-0.15, -0.1) is 24.0 Å². The topological polar surface area (TPSA) is 86.2 Å². The SMILES string of the molecule is CN=C(NCc1cc(OC)c(OC)c(OC)c1)NCc1cccnc1OC.I. The highest BCUT2D eigenvalue weighted by atomic mass is 127. The Morgan fingerprint density at radius 3 is 2.14 bits per heavy atom. The van der Waals surface area contributed by atoms with E-state index in [9.17, 15) is 0 Å². The fourth-order valence-corrected chi connectivity index (χ4v) is 2.57. The Kier molecular flexibility index (Phi) is 10.2. The van der Waals surface area contributed by atoms with Gasteiger partial charge in [0.15, 0.2) is 17.5 Å². The number of methoxy groups -OCH3 is 4. The molecular formula is C19H27IN4O4. The highest BCUT2D eigenvalue weighted by Gasteiger charge is 2.13. The molecule has 1 heterocycles. The van der Waals surface area contributed by atoms with Crippen molar-refractivity contribution in [2.75, 3.05) is 35.5 Å². The minimum absolute atomic E-state index is 0. The van der Waals surface area contributed by atoms with Crippen molar-refractivity contribution >= 4 is 29.9 Å². The highest BCUT2D eigenvalue weighted by Crippen LogP contribution is 2.38. The fraction of sp³-hybridized carbons (Fsp3) is 0.368. The molecule has 28 heavy (non-hydrogen) atoms. The summed E-state index contributed by atoms with van der Waals surface area (Å²) in [5.41, 5.74) is 1.90. The molecule has 9 heteroatoms. The molecule has 0 saturated carbocycles. The third kappa shape index (κ3) is 6.04. The number of halogens is 1. The second kappa shape index (κ2) is 12.1. The molecule has 0 aliphatic carbocycles. The van der Waals surface area contributed by atoms with E-state index in [2.05, 4.69) is 20.6 Å². The molecular weight excluding hydrogens is 475 g/mol. The molecule has 0 spiro atoms. The first kappa shape index (κ1) is 23.6. The monoisotopic (exact) mass is 502 g/mol. The van der Waals surface area contributed by atoms with Crippen LogP contribution >= 0.6 is 24.0 Å². The van der Waals surface area contributed by atoms with E-state index in [0.717, 1.165) is 11.1 Å². The number of pyridine rings is 1. The van der Waals surface area contributed by atoms with E-state index in [1.54, 1.807) is 41.7 Å². The predicted molar refractivity (Wildman–Crippen MR) is 119 cm³/mol. The maximum atomic E-state index is 5.38. The lowest BCUT2D eigenvalue weighted by atomic mass is 10.2. The zero-order chi connectivity index (χ0) is 19.6. The van der Waals surface area contributed by atoms with Crippen LogP contribution in [0.5, 0.6) is 23.1 Å². The maximum absolute atomic E-state index is 5.38. The molecule has 0 atom stereocenters. The Bertz CT molecular complexity index is 761. The summed E-state index contributed by atoms with van der Waals surface area (Å²) in [7, 11) is 8.08. The Morgan fingerprint density at radius 1 is 0.964 bits per heavy atom. The molecule has 0 radical (unpaired) electrons. The largest absolute Gasteiger partial charge is 0.493 e. The fourth-order valence-electron chi connectivity index (χ4n) is 2.57. The summed E-state index contributed by atoms with van der Waals surface area (Å²) in [6, 6.07) is 7.61. The number of benzene rings is 1. The number of hydrogen-bond donors (Lipinski definition) is 2. The van der Waals surface area contributed by atoms with Crippen LogP contribution in [0.2, 0.25) is 0 Å². The molecule has 154 valence electrons. The van der Waals surface area contributed by atoms with Crippen LogP contribution in [0, 0.1) is 0 Å². The van der Waals surface area contributed by atoms with Gasteiger partial charge in [0.1, 0.15) is 0 Å². The highest BCUT2D eigenvalue weighted by molar-refractivity contribution is 14.0. The number of rotatable bonds is 8. The third-order valence-electron chi connectivity index (χ3n) is 3.90. The van der Waals surface area contributed by atoms with Gasteiger partial charge in [-0.3, -0.25) is 4.99 Å². The number of ether oxygens (including phenoxy) is 4. The van der Waals surface area contributed by atoms with Gasteiger partial charge in [0.2, 0.25) is 11.6 Å². The molecule has 2 rings (SSSR count). The molecule has 2 aromatic rings. The molecule has 0 fully saturated rings. The average Bonchev–Trinajstić information content (AvgIpc) is 2.73. The van der Waals surface area contributed by atoms with E-state index in [4.69, 9.17) is 18.9 Å². The van der Waals surface area contributed by atoms with E-state index in [0.29, 0.717) is 42.2 Å². The lowest BCUT2D eigenvalue weighted by Gasteiger charge is -2.16. The first-order chi connectivity index (χ1) is 13.2. The second-order valence-electron chi connectivity index (χ2n) is 5.48. The number of aromatic nitrogens is 1. The Morgan fingerprint density at radius 2 is 1.61 bits per heavy atom. The van der Waals surface area contributed by atoms with Crippen molar-refractivity contribution in [1.29, 1.82) is 0 Å². The van der Waals surface area contributed by atoms with Gasteiger partial charge in [-0.05, 0) is 23.8 Å². The molecule has 1 aromatic carbocycles. The van der Waals surface area contributed by atoms with Crippen molar-refractivity contribution < 1.29 is 18.9 Å². The van der Waals surface area contributed by atoms with Crippen LogP contribution in [0.15, 0.2) is 35.5 Å². The summed E-state index contributed by atoms with van der Waals surface area (Å²) in [4.78, 5) is 8.43. The zero-order valence-electron chi connectivity index (χ0n) is 16.7. The normalized spacial score (nSPS) is 10.5. The first-order valence-electron chi connectivity index (χ1n) is 8.38. The van der Waals surface area contributed by atoms with E-state index in [-0.39, 0.29) is 24.0 Å². The van der Waals surface area contributed by atoms with Crippen LogP contribution in [0.4, 0.5) is 0 Å². The molecule has 0 amide bonds. The third-order valence-corrected chi connectivity index (χ3v) is 3.90. The van der Waals surface area contributed by atoms with Gasteiger partial charge < -0.3 is 29.6 Å². The van der Waals surface area contributed by atoms with Gasteiger partial charge >= 0.3 is 0 Å². The van der Waals surface area contributed by atoms with Gasteiger partial charge in [-0.2, -0.15) is 0 Å². The number of guanidine groups is 1. The lowest BCUT2D eigenvalue weighted by Crippen LogP contribution is -2.36. The summed E-state index contributed by atoms with van der Waals surface area (Å²) in [6.45, 7) is 1.06. The van der Waals surface area contributed by atoms with E-state index in [1.807, 2.05) is 24.3 Å². The minimum atomic E-state index is 0. The lowest BCUT2D eigenvalue weighted by molar-refractivity contribution is 0.323.